The molecule has 1 saturated heterocycles. The standard InChI is InChI=1S/C26H26N2O2/c1-19(21-12-6-3-7-13-21)28-18-23(17-25(28)29)26(30)27-24-15-9-8-14-22(24)16-20-10-4-2-5-11-20/h2-15,19,23H,16-18H2,1H3,(H,27,30)/t19-,23+/m1/s1. The summed E-state index contributed by atoms with van der Waals surface area (Å²) in [4.78, 5) is 27.4. The van der Waals surface area contributed by atoms with Gasteiger partial charge in [-0.2, -0.15) is 0 Å². The Labute approximate surface area is 177 Å². The van der Waals surface area contributed by atoms with Gasteiger partial charge in [0.2, 0.25) is 11.8 Å². The number of carbonyl (C=O) groups is 2. The topological polar surface area (TPSA) is 49.4 Å². The Balaban J connectivity index is 1.44. The predicted molar refractivity (Wildman–Crippen MR) is 119 cm³/mol. The molecule has 0 spiro atoms. The van der Waals surface area contributed by atoms with Crippen LogP contribution >= 0.6 is 0 Å². The number of hydrogen-bond acceptors (Lipinski definition) is 2. The van der Waals surface area contributed by atoms with Crippen molar-refractivity contribution >= 4 is 17.5 Å². The lowest BCUT2D eigenvalue weighted by Crippen LogP contribution is -2.30. The van der Waals surface area contributed by atoms with E-state index in [9.17, 15) is 9.59 Å². The molecular weight excluding hydrogens is 372 g/mol. The summed E-state index contributed by atoms with van der Waals surface area (Å²) in [5, 5.41) is 3.07. The molecular formula is C26H26N2O2. The number of para-hydroxylation sites is 1. The number of anilines is 1. The van der Waals surface area contributed by atoms with Crippen LogP contribution in [0.25, 0.3) is 0 Å². The molecule has 1 N–H and O–H groups in total. The second-order valence-corrected chi connectivity index (χ2v) is 7.84. The Kier molecular flexibility index (Phi) is 5.94. The first kappa shape index (κ1) is 19.9. The van der Waals surface area contributed by atoms with Crippen LogP contribution in [-0.4, -0.2) is 23.3 Å². The third kappa shape index (κ3) is 4.43. The minimum absolute atomic E-state index is 0.0315. The molecule has 3 aromatic rings. The zero-order valence-electron chi connectivity index (χ0n) is 17.1. The smallest absolute Gasteiger partial charge is 0.229 e. The summed E-state index contributed by atoms with van der Waals surface area (Å²) in [6, 6.07) is 28.0. The summed E-state index contributed by atoms with van der Waals surface area (Å²) < 4.78 is 0. The lowest BCUT2D eigenvalue weighted by atomic mass is 10.0. The predicted octanol–water partition coefficient (Wildman–Crippen LogP) is 4.83. The highest BCUT2D eigenvalue weighted by Gasteiger charge is 2.37. The molecule has 3 aromatic carbocycles. The Morgan fingerprint density at radius 2 is 1.60 bits per heavy atom. The van der Waals surface area contributed by atoms with Gasteiger partial charge in [-0.25, -0.2) is 0 Å². The van der Waals surface area contributed by atoms with Gasteiger partial charge < -0.3 is 10.2 Å². The van der Waals surface area contributed by atoms with Crippen molar-refractivity contribution in [2.75, 3.05) is 11.9 Å². The number of carbonyl (C=O) groups excluding carboxylic acids is 2. The number of nitrogens with zero attached hydrogens (tertiary/aromatic N) is 1. The maximum absolute atomic E-state index is 13.0. The minimum atomic E-state index is -0.339. The van der Waals surface area contributed by atoms with E-state index in [2.05, 4.69) is 17.4 Å². The fourth-order valence-corrected chi connectivity index (χ4v) is 4.04. The van der Waals surface area contributed by atoms with Crippen molar-refractivity contribution in [1.82, 2.24) is 4.90 Å². The van der Waals surface area contributed by atoms with Crippen molar-refractivity contribution in [1.29, 1.82) is 0 Å². The van der Waals surface area contributed by atoms with Crippen molar-refractivity contribution in [2.45, 2.75) is 25.8 Å². The molecule has 0 bridgehead atoms. The van der Waals surface area contributed by atoms with Gasteiger partial charge in [0.15, 0.2) is 0 Å². The molecule has 1 fully saturated rings. The van der Waals surface area contributed by atoms with E-state index < -0.39 is 0 Å². The molecule has 0 saturated carbocycles. The maximum Gasteiger partial charge on any atom is 0.229 e. The van der Waals surface area contributed by atoms with Crippen molar-refractivity contribution < 1.29 is 9.59 Å². The molecule has 0 radical (unpaired) electrons. The van der Waals surface area contributed by atoms with Crippen LogP contribution in [0.4, 0.5) is 5.69 Å². The molecule has 1 aliphatic rings. The zero-order chi connectivity index (χ0) is 20.9. The second-order valence-electron chi connectivity index (χ2n) is 7.84. The van der Waals surface area contributed by atoms with Crippen molar-refractivity contribution in [3.8, 4) is 0 Å². The van der Waals surface area contributed by atoms with E-state index in [0.29, 0.717) is 6.54 Å². The SMILES string of the molecule is C[C@H](c1ccccc1)N1C[C@@H](C(=O)Nc2ccccc2Cc2ccccc2)CC1=O. The summed E-state index contributed by atoms with van der Waals surface area (Å²) in [5.41, 5.74) is 4.16. The summed E-state index contributed by atoms with van der Waals surface area (Å²) in [6.07, 6.45) is 1.00. The lowest BCUT2D eigenvalue weighted by Gasteiger charge is -2.25. The van der Waals surface area contributed by atoms with E-state index in [4.69, 9.17) is 0 Å². The van der Waals surface area contributed by atoms with E-state index in [1.165, 1.54) is 5.56 Å². The van der Waals surface area contributed by atoms with Gasteiger partial charge >= 0.3 is 0 Å². The largest absolute Gasteiger partial charge is 0.335 e. The molecule has 0 aromatic heterocycles. The monoisotopic (exact) mass is 398 g/mol. The van der Waals surface area contributed by atoms with Crippen LogP contribution in [0.15, 0.2) is 84.9 Å². The molecule has 1 heterocycles. The fourth-order valence-electron chi connectivity index (χ4n) is 4.04. The Morgan fingerprint density at radius 3 is 2.33 bits per heavy atom. The van der Waals surface area contributed by atoms with Crippen LogP contribution in [0, 0.1) is 5.92 Å². The van der Waals surface area contributed by atoms with E-state index in [0.717, 1.165) is 23.2 Å². The number of rotatable bonds is 6. The number of hydrogen-bond donors (Lipinski definition) is 1. The van der Waals surface area contributed by atoms with Crippen LogP contribution < -0.4 is 5.32 Å². The molecule has 4 nitrogen and oxygen atoms in total. The van der Waals surface area contributed by atoms with Crippen molar-refractivity contribution in [3.63, 3.8) is 0 Å². The molecule has 1 aliphatic heterocycles. The highest BCUT2D eigenvalue weighted by molar-refractivity contribution is 5.97. The van der Waals surface area contributed by atoms with Gasteiger partial charge in [0.05, 0.1) is 12.0 Å². The van der Waals surface area contributed by atoms with Gasteiger partial charge in [0.1, 0.15) is 0 Å². The fraction of sp³-hybridized carbons (Fsp3) is 0.231. The number of amides is 2. The normalized spacial score (nSPS) is 17.0. The van der Waals surface area contributed by atoms with Crippen molar-refractivity contribution in [3.05, 3.63) is 102 Å². The van der Waals surface area contributed by atoms with Gasteiger partial charge in [0.25, 0.3) is 0 Å². The Bertz CT molecular complexity index is 1020. The van der Waals surface area contributed by atoms with E-state index in [1.807, 2.05) is 84.6 Å². The summed E-state index contributed by atoms with van der Waals surface area (Å²) >= 11 is 0. The quantitative estimate of drug-likeness (QED) is 0.647. The third-order valence-electron chi connectivity index (χ3n) is 5.79. The summed E-state index contributed by atoms with van der Waals surface area (Å²) in [5.74, 6) is -0.399. The van der Waals surface area contributed by atoms with Crippen molar-refractivity contribution in [2.24, 2.45) is 5.92 Å². The average Bonchev–Trinajstić information content (AvgIpc) is 3.18. The molecule has 4 heteroatoms. The van der Waals surface area contributed by atoms with E-state index >= 15 is 0 Å². The first-order valence-corrected chi connectivity index (χ1v) is 10.4. The second kappa shape index (κ2) is 8.95. The highest BCUT2D eigenvalue weighted by atomic mass is 16.2. The number of benzene rings is 3. The van der Waals surface area contributed by atoms with Gasteiger partial charge in [0, 0.05) is 18.7 Å². The first-order valence-electron chi connectivity index (χ1n) is 10.4. The molecule has 2 atom stereocenters. The van der Waals surface area contributed by atoms with Crippen LogP contribution in [0.3, 0.4) is 0 Å². The molecule has 4 rings (SSSR count). The summed E-state index contributed by atoms with van der Waals surface area (Å²) in [6.45, 7) is 2.46. The number of likely N-dealkylation sites (tertiary alicyclic amines) is 1. The van der Waals surface area contributed by atoms with Crippen LogP contribution in [-0.2, 0) is 16.0 Å². The molecule has 30 heavy (non-hydrogen) atoms. The summed E-state index contributed by atoms with van der Waals surface area (Å²) in [7, 11) is 0. The van der Waals surface area contributed by atoms with E-state index in [-0.39, 0.29) is 30.2 Å². The van der Waals surface area contributed by atoms with Crippen LogP contribution in [0.2, 0.25) is 0 Å². The molecule has 2 amide bonds. The Hall–Kier alpha value is -3.40. The van der Waals surface area contributed by atoms with Gasteiger partial charge in [-0.05, 0) is 36.1 Å². The zero-order valence-corrected chi connectivity index (χ0v) is 17.1. The lowest BCUT2D eigenvalue weighted by molar-refractivity contribution is -0.129. The minimum Gasteiger partial charge on any atom is -0.335 e. The first-order chi connectivity index (χ1) is 14.6. The number of nitrogens with one attached hydrogen (secondary N) is 1. The third-order valence-corrected chi connectivity index (χ3v) is 5.79. The van der Waals surface area contributed by atoms with Gasteiger partial charge in [-0.1, -0.05) is 78.9 Å². The Morgan fingerprint density at radius 1 is 0.967 bits per heavy atom. The molecule has 152 valence electrons. The van der Waals surface area contributed by atoms with Gasteiger partial charge in [-0.15, -0.1) is 0 Å². The molecule has 0 unspecified atom stereocenters. The van der Waals surface area contributed by atoms with Crippen LogP contribution in [0.1, 0.15) is 36.1 Å². The van der Waals surface area contributed by atoms with Gasteiger partial charge in [-0.3, -0.25) is 9.59 Å². The van der Waals surface area contributed by atoms with Crippen LogP contribution in [0.5, 0.6) is 0 Å². The van der Waals surface area contributed by atoms with E-state index in [1.54, 1.807) is 0 Å². The molecule has 0 aliphatic carbocycles. The average molecular weight is 399 g/mol. The maximum atomic E-state index is 13.0. The highest BCUT2D eigenvalue weighted by Crippen LogP contribution is 2.29.